The van der Waals surface area contributed by atoms with Gasteiger partial charge in [-0.05, 0) is 47.7 Å². The van der Waals surface area contributed by atoms with Crippen LogP contribution in [0.15, 0.2) is 42.3 Å². The van der Waals surface area contributed by atoms with E-state index in [9.17, 15) is 4.79 Å². The molecule has 4 heteroatoms. The van der Waals surface area contributed by atoms with Crippen LogP contribution in [0.3, 0.4) is 0 Å². The predicted molar refractivity (Wildman–Crippen MR) is 121 cm³/mol. The summed E-state index contributed by atoms with van der Waals surface area (Å²) in [6.45, 7) is 13.5. The van der Waals surface area contributed by atoms with Crippen LogP contribution in [0.4, 0.5) is 0 Å². The minimum atomic E-state index is -2.17. The van der Waals surface area contributed by atoms with Crippen LogP contribution < -0.4 is 0 Å². The maximum absolute atomic E-state index is 13.1. The molecule has 0 spiro atoms. The Morgan fingerprint density at radius 1 is 1.11 bits per heavy atom. The minimum Gasteiger partial charge on any atom is -0.531 e. The van der Waals surface area contributed by atoms with Gasteiger partial charge in [0, 0.05) is 19.0 Å². The Balaban J connectivity index is 3.27. The van der Waals surface area contributed by atoms with Crippen LogP contribution in [-0.4, -0.2) is 26.2 Å². The van der Waals surface area contributed by atoms with Gasteiger partial charge in [-0.1, -0.05) is 59.7 Å². The number of hydrogen-bond acceptors (Lipinski definition) is 2. The molecule has 3 nitrogen and oxygen atoms in total. The van der Waals surface area contributed by atoms with Crippen molar-refractivity contribution in [3.63, 3.8) is 0 Å². The summed E-state index contributed by atoms with van der Waals surface area (Å²) in [7, 11) is -0.363. The Bertz CT molecular complexity index is 665. The highest BCUT2D eigenvalue weighted by Crippen LogP contribution is 2.44. The van der Waals surface area contributed by atoms with Gasteiger partial charge in [0.15, 0.2) is 5.88 Å². The summed E-state index contributed by atoms with van der Waals surface area (Å²) in [4.78, 5) is 14.7. The first-order valence-corrected chi connectivity index (χ1v) is 12.5. The van der Waals surface area contributed by atoms with Crippen molar-refractivity contribution in [2.75, 3.05) is 7.05 Å². The second-order valence-electron chi connectivity index (χ2n) is 8.29. The molecule has 0 radical (unpaired) electrons. The van der Waals surface area contributed by atoms with E-state index in [1.165, 1.54) is 0 Å². The van der Waals surface area contributed by atoms with Gasteiger partial charge in [-0.3, -0.25) is 9.69 Å². The molecule has 0 atom stereocenters. The number of unbranched alkanes of at least 4 members (excludes halogenated alkanes) is 2. The predicted octanol–water partition coefficient (Wildman–Crippen LogP) is 6.60. The number of rotatable bonds is 10. The lowest BCUT2D eigenvalue weighted by Crippen LogP contribution is -2.49. The Kier molecular flexibility index (Phi) is 9.55. The highest BCUT2D eigenvalue weighted by molar-refractivity contribution is 6.77. The van der Waals surface area contributed by atoms with Crippen molar-refractivity contribution in [3.8, 4) is 12.3 Å². The smallest absolute Gasteiger partial charge is 0.260 e. The minimum absolute atomic E-state index is 0.0528. The van der Waals surface area contributed by atoms with Crippen molar-refractivity contribution >= 4 is 14.2 Å². The molecule has 0 aromatic heterocycles. The molecule has 0 aliphatic rings. The number of amides is 1. The molecule has 1 amide bonds. The van der Waals surface area contributed by atoms with Gasteiger partial charge in [0.2, 0.25) is 0 Å². The number of terminal acetylenes is 1. The van der Waals surface area contributed by atoms with Crippen LogP contribution in [0.2, 0.25) is 16.6 Å². The third kappa shape index (κ3) is 5.75. The molecule has 0 saturated heterocycles. The first kappa shape index (κ1) is 24.0. The molecule has 0 aliphatic carbocycles. The number of nitrogens with zero attached hydrogens (tertiary/aromatic N) is 1. The van der Waals surface area contributed by atoms with E-state index in [-0.39, 0.29) is 5.91 Å². The Labute approximate surface area is 173 Å². The molecular weight excluding hydrogens is 362 g/mol. The first-order valence-electron chi connectivity index (χ1n) is 10.3. The molecule has 154 valence electrons. The standard InChI is InChI=1S/C24H37NO2Si/c1-9-10-11-15-18-23(25(8)24(26)22-16-13-12-14-17-22)27-28(19(2)3,20(4)5)21(6)7/h1,12-14,16-21H,10-11,15H2,2-8H3/b23-18-. The molecule has 0 bridgehead atoms. The van der Waals surface area contributed by atoms with Crippen LogP contribution >= 0.6 is 0 Å². The normalized spacial score (nSPS) is 12.4. The van der Waals surface area contributed by atoms with Gasteiger partial charge in [0.25, 0.3) is 14.2 Å². The van der Waals surface area contributed by atoms with Gasteiger partial charge >= 0.3 is 0 Å². The number of allylic oxidation sites excluding steroid dienone is 1. The lowest BCUT2D eigenvalue weighted by atomic mass is 10.2. The Hall–Kier alpha value is -1.99. The van der Waals surface area contributed by atoms with Gasteiger partial charge in [-0.2, -0.15) is 0 Å². The summed E-state index contributed by atoms with van der Waals surface area (Å²) in [5, 5.41) is 0. The number of carbonyl (C=O) groups excluding carboxylic acids is 1. The fraction of sp³-hybridized carbons (Fsp3) is 0.542. The van der Waals surface area contributed by atoms with Crippen LogP contribution in [0.25, 0.3) is 0 Å². The maximum atomic E-state index is 13.1. The molecular formula is C24H37NO2Si. The first-order chi connectivity index (χ1) is 13.2. The van der Waals surface area contributed by atoms with Gasteiger partial charge in [0.1, 0.15) is 0 Å². The van der Waals surface area contributed by atoms with Gasteiger partial charge in [-0.25, -0.2) is 0 Å². The van der Waals surface area contributed by atoms with Crippen molar-refractivity contribution in [3.05, 3.63) is 47.9 Å². The van der Waals surface area contributed by atoms with E-state index in [2.05, 4.69) is 47.5 Å². The molecule has 1 aromatic carbocycles. The largest absolute Gasteiger partial charge is 0.531 e. The fourth-order valence-electron chi connectivity index (χ4n) is 4.09. The average molecular weight is 400 g/mol. The topological polar surface area (TPSA) is 29.5 Å². The van der Waals surface area contributed by atoms with E-state index in [0.29, 0.717) is 28.1 Å². The Morgan fingerprint density at radius 3 is 2.11 bits per heavy atom. The van der Waals surface area contributed by atoms with Gasteiger partial charge in [-0.15, -0.1) is 12.3 Å². The van der Waals surface area contributed by atoms with E-state index in [1.54, 1.807) is 4.90 Å². The lowest BCUT2D eigenvalue weighted by Gasteiger charge is -2.44. The summed E-state index contributed by atoms with van der Waals surface area (Å²) in [5.41, 5.74) is 1.96. The molecule has 1 rings (SSSR count). The van der Waals surface area contributed by atoms with Crippen molar-refractivity contribution in [1.29, 1.82) is 0 Å². The third-order valence-electron chi connectivity index (χ3n) is 5.49. The second kappa shape index (κ2) is 11.1. The quantitative estimate of drug-likeness (QED) is 0.192. The number of benzene rings is 1. The zero-order chi connectivity index (χ0) is 21.3. The third-order valence-corrected chi connectivity index (χ3v) is 11.5. The lowest BCUT2D eigenvalue weighted by molar-refractivity contribution is 0.0772. The molecule has 0 heterocycles. The molecule has 0 fully saturated rings. The summed E-state index contributed by atoms with van der Waals surface area (Å²) in [5.74, 6) is 3.30. The van der Waals surface area contributed by atoms with E-state index in [0.717, 1.165) is 19.3 Å². The van der Waals surface area contributed by atoms with E-state index >= 15 is 0 Å². The molecule has 28 heavy (non-hydrogen) atoms. The van der Waals surface area contributed by atoms with E-state index < -0.39 is 8.32 Å². The molecule has 0 saturated carbocycles. The average Bonchev–Trinajstić information content (AvgIpc) is 2.66. The summed E-state index contributed by atoms with van der Waals surface area (Å²) < 4.78 is 6.86. The molecule has 0 N–H and O–H groups in total. The summed E-state index contributed by atoms with van der Waals surface area (Å²) in [6.07, 6.45) is 9.84. The highest BCUT2D eigenvalue weighted by Gasteiger charge is 2.48. The van der Waals surface area contributed by atoms with Crippen molar-refractivity contribution in [2.24, 2.45) is 0 Å². The maximum Gasteiger partial charge on any atom is 0.260 e. The van der Waals surface area contributed by atoms with Gasteiger partial charge < -0.3 is 4.43 Å². The number of carbonyl (C=O) groups is 1. The van der Waals surface area contributed by atoms with Crippen LogP contribution in [0, 0.1) is 12.3 Å². The van der Waals surface area contributed by atoms with Crippen molar-refractivity contribution in [2.45, 2.75) is 77.4 Å². The molecule has 1 aromatic rings. The van der Waals surface area contributed by atoms with Crippen LogP contribution in [-0.2, 0) is 4.43 Å². The Morgan fingerprint density at radius 2 is 1.64 bits per heavy atom. The van der Waals surface area contributed by atoms with E-state index in [4.69, 9.17) is 10.8 Å². The van der Waals surface area contributed by atoms with Crippen LogP contribution in [0.5, 0.6) is 0 Å². The number of hydrogen-bond donors (Lipinski definition) is 0. The van der Waals surface area contributed by atoms with E-state index in [1.807, 2.05) is 43.5 Å². The van der Waals surface area contributed by atoms with Crippen LogP contribution in [0.1, 0.15) is 71.2 Å². The van der Waals surface area contributed by atoms with Crippen molar-refractivity contribution in [1.82, 2.24) is 4.90 Å². The SMILES string of the molecule is C#CCCC/C=C(\O[Si](C(C)C)(C(C)C)C(C)C)N(C)C(=O)c1ccccc1. The highest BCUT2D eigenvalue weighted by atomic mass is 28.4. The van der Waals surface area contributed by atoms with Crippen molar-refractivity contribution < 1.29 is 9.22 Å². The molecule has 0 aliphatic heterocycles. The monoisotopic (exact) mass is 399 g/mol. The summed E-state index contributed by atoms with van der Waals surface area (Å²) in [6, 6.07) is 9.36. The fourth-order valence-corrected chi connectivity index (χ4v) is 9.38. The zero-order valence-corrected chi connectivity index (χ0v) is 19.7. The summed E-state index contributed by atoms with van der Waals surface area (Å²) >= 11 is 0. The zero-order valence-electron chi connectivity index (χ0n) is 18.7. The second-order valence-corrected chi connectivity index (χ2v) is 13.7. The van der Waals surface area contributed by atoms with Gasteiger partial charge in [0.05, 0.1) is 0 Å². The molecule has 0 unspecified atom stereocenters.